The van der Waals surface area contributed by atoms with Gasteiger partial charge in [0.2, 0.25) is 0 Å². The molecule has 0 spiro atoms. The molecule has 2 rings (SSSR count). The number of ketones is 1. The molecule has 3 nitrogen and oxygen atoms in total. The van der Waals surface area contributed by atoms with Gasteiger partial charge in [0.05, 0.1) is 0 Å². The summed E-state index contributed by atoms with van der Waals surface area (Å²) >= 11 is 0. The lowest BCUT2D eigenvalue weighted by atomic mass is 9.86. The van der Waals surface area contributed by atoms with E-state index in [1.54, 1.807) is 48.6 Å². The molecule has 2 aromatic rings. The van der Waals surface area contributed by atoms with Crippen molar-refractivity contribution in [1.29, 1.82) is 0 Å². The second-order valence-corrected chi connectivity index (χ2v) is 6.62. The highest BCUT2D eigenvalue weighted by Crippen LogP contribution is 2.29. The number of nitrogens with two attached hydrogens (primary N) is 2. The number of anilines is 2. The SMILES string of the molecule is C=CCc1c(N)ccc(C(=O)c2ccc(N)c(CC=C)c2CC=C)c1CC=C. The molecule has 0 radical (unpaired) electrons. The van der Waals surface area contributed by atoms with E-state index in [0.717, 1.165) is 22.3 Å². The van der Waals surface area contributed by atoms with Crippen molar-refractivity contribution in [3.8, 4) is 0 Å². The van der Waals surface area contributed by atoms with Gasteiger partial charge >= 0.3 is 0 Å². The van der Waals surface area contributed by atoms with Crippen molar-refractivity contribution in [2.45, 2.75) is 25.7 Å². The van der Waals surface area contributed by atoms with Crippen molar-refractivity contribution in [2.24, 2.45) is 0 Å². The molecule has 0 unspecified atom stereocenters. The van der Waals surface area contributed by atoms with Crippen LogP contribution in [0, 0.1) is 0 Å². The molecule has 3 heteroatoms. The van der Waals surface area contributed by atoms with Gasteiger partial charge in [0, 0.05) is 22.5 Å². The predicted octanol–water partition coefficient (Wildman–Crippen LogP) is 5.00. The molecule has 0 saturated heterocycles. The zero-order chi connectivity index (χ0) is 20.7. The average Bonchev–Trinajstić information content (AvgIpc) is 2.67. The summed E-state index contributed by atoms with van der Waals surface area (Å²) in [5.41, 5.74) is 18.6. The van der Waals surface area contributed by atoms with Gasteiger partial charge in [-0.05, 0) is 72.2 Å². The molecule has 0 aliphatic carbocycles. The first-order valence-corrected chi connectivity index (χ1v) is 9.28. The minimum Gasteiger partial charge on any atom is -0.398 e. The molecular formula is C25H28N2O. The van der Waals surface area contributed by atoms with Crippen LogP contribution in [-0.2, 0) is 25.7 Å². The van der Waals surface area contributed by atoms with E-state index < -0.39 is 0 Å². The summed E-state index contributed by atoms with van der Waals surface area (Å²) in [5.74, 6) is -0.0516. The summed E-state index contributed by atoms with van der Waals surface area (Å²) in [6.45, 7) is 15.3. The lowest BCUT2D eigenvalue weighted by Gasteiger charge is -2.18. The first kappa shape index (κ1) is 21.0. The number of rotatable bonds is 10. The van der Waals surface area contributed by atoms with E-state index in [1.807, 2.05) is 0 Å². The summed E-state index contributed by atoms with van der Waals surface area (Å²) in [5, 5.41) is 0. The summed E-state index contributed by atoms with van der Waals surface area (Å²) < 4.78 is 0. The topological polar surface area (TPSA) is 69.1 Å². The Labute approximate surface area is 167 Å². The Bertz CT molecular complexity index is 863. The van der Waals surface area contributed by atoms with Crippen LogP contribution >= 0.6 is 0 Å². The summed E-state index contributed by atoms with van der Waals surface area (Å²) in [6, 6.07) is 7.16. The normalized spacial score (nSPS) is 10.3. The zero-order valence-electron chi connectivity index (χ0n) is 16.3. The Hall–Kier alpha value is -3.33. The second kappa shape index (κ2) is 9.56. The molecule has 0 amide bonds. The molecule has 0 atom stereocenters. The fourth-order valence-electron chi connectivity index (χ4n) is 3.52. The molecule has 0 fully saturated rings. The van der Waals surface area contributed by atoms with Gasteiger partial charge in [0.15, 0.2) is 5.78 Å². The minimum absolute atomic E-state index is 0.0516. The number of benzene rings is 2. The molecule has 0 heterocycles. The maximum absolute atomic E-state index is 13.6. The first-order chi connectivity index (χ1) is 13.5. The van der Waals surface area contributed by atoms with Gasteiger partial charge in [0.1, 0.15) is 0 Å². The molecule has 2 aromatic carbocycles. The van der Waals surface area contributed by atoms with Gasteiger partial charge in [-0.2, -0.15) is 0 Å². The average molecular weight is 373 g/mol. The highest BCUT2D eigenvalue weighted by molar-refractivity contribution is 6.11. The standard InChI is InChI=1S/C25H28N2O/c1-5-9-17-19(11-7-3)23(26)15-13-21(17)25(28)22-14-16-24(27)20(12-8-4)18(22)10-6-2/h5-8,13-16H,1-4,9-12,26-27H2. The van der Waals surface area contributed by atoms with Crippen LogP contribution in [0.3, 0.4) is 0 Å². The quantitative estimate of drug-likeness (QED) is 0.350. The van der Waals surface area contributed by atoms with E-state index in [0.29, 0.717) is 48.2 Å². The van der Waals surface area contributed by atoms with Crippen molar-refractivity contribution in [1.82, 2.24) is 0 Å². The summed E-state index contributed by atoms with van der Waals surface area (Å²) in [4.78, 5) is 13.6. The highest BCUT2D eigenvalue weighted by atomic mass is 16.1. The molecule has 0 aromatic heterocycles. The van der Waals surface area contributed by atoms with Crippen molar-refractivity contribution in [3.05, 3.63) is 108 Å². The Morgan fingerprint density at radius 3 is 1.29 bits per heavy atom. The first-order valence-electron chi connectivity index (χ1n) is 9.28. The van der Waals surface area contributed by atoms with Crippen molar-refractivity contribution in [2.75, 3.05) is 11.5 Å². The van der Waals surface area contributed by atoms with Crippen LogP contribution in [0.25, 0.3) is 0 Å². The van der Waals surface area contributed by atoms with E-state index >= 15 is 0 Å². The number of allylic oxidation sites excluding steroid dienone is 4. The predicted molar refractivity (Wildman–Crippen MR) is 121 cm³/mol. The van der Waals surface area contributed by atoms with Gasteiger partial charge in [0.25, 0.3) is 0 Å². The van der Waals surface area contributed by atoms with Gasteiger partial charge in [-0.25, -0.2) is 0 Å². The fourth-order valence-corrected chi connectivity index (χ4v) is 3.52. The Kier molecular flexibility index (Phi) is 7.16. The van der Waals surface area contributed by atoms with Crippen LogP contribution in [0.2, 0.25) is 0 Å². The van der Waals surface area contributed by atoms with Gasteiger partial charge in [-0.15, -0.1) is 26.3 Å². The van der Waals surface area contributed by atoms with Gasteiger partial charge in [-0.3, -0.25) is 4.79 Å². The fraction of sp³-hybridized carbons (Fsp3) is 0.160. The van der Waals surface area contributed by atoms with Crippen LogP contribution in [0.4, 0.5) is 11.4 Å². The molecule has 0 saturated carbocycles. The van der Waals surface area contributed by atoms with Crippen molar-refractivity contribution >= 4 is 17.2 Å². The molecular weight excluding hydrogens is 344 g/mol. The Morgan fingerprint density at radius 1 is 0.643 bits per heavy atom. The van der Waals surface area contributed by atoms with Crippen LogP contribution in [-0.4, -0.2) is 5.78 Å². The maximum Gasteiger partial charge on any atom is 0.193 e. The van der Waals surface area contributed by atoms with E-state index in [4.69, 9.17) is 11.5 Å². The molecule has 0 bridgehead atoms. The number of nitrogen functional groups attached to an aromatic ring is 2. The molecule has 0 aliphatic heterocycles. The maximum atomic E-state index is 13.6. The number of carbonyl (C=O) groups excluding carboxylic acids is 1. The lowest BCUT2D eigenvalue weighted by molar-refractivity contribution is 0.103. The van der Waals surface area contributed by atoms with Crippen molar-refractivity contribution in [3.63, 3.8) is 0 Å². The molecule has 0 aliphatic rings. The summed E-state index contributed by atoms with van der Waals surface area (Å²) in [7, 11) is 0. The van der Waals surface area contributed by atoms with E-state index in [2.05, 4.69) is 26.3 Å². The third-order valence-corrected chi connectivity index (χ3v) is 4.82. The van der Waals surface area contributed by atoms with E-state index in [-0.39, 0.29) is 5.78 Å². The lowest BCUT2D eigenvalue weighted by Crippen LogP contribution is -2.13. The summed E-state index contributed by atoms with van der Waals surface area (Å²) in [6.07, 6.45) is 9.46. The van der Waals surface area contributed by atoms with E-state index in [9.17, 15) is 4.79 Å². The Balaban J connectivity index is 2.72. The van der Waals surface area contributed by atoms with Crippen LogP contribution in [0.15, 0.2) is 74.9 Å². The van der Waals surface area contributed by atoms with Gasteiger partial charge < -0.3 is 11.5 Å². The van der Waals surface area contributed by atoms with Gasteiger partial charge in [-0.1, -0.05) is 24.3 Å². The largest absolute Gasteiger partial charge is 0.398 e. The number of carbonyl (C=O) groups is 1. The smallest absolute Gasteiger partial charge is 0.193 e. The number of hydrogen-bond donors (Lipinski definition) is 2. The highest BCUT2D eigenvalue weighted by Gasteiger charge is 2.21. The minimum atomic E-state index is -0.0516. The third-order valence-electron chi connectivity index (χ3n) is 4.82. The molecule has 144 valence electrons. The third kappa shape index (κ3) is 4.15. The van der Waals surface area contributed by atoms with Crippen LogP contribution in [0.5, 0.6) is 0 Å². The Morgan fingerprint density at radius 2 is 0.964 bits per heavy atom. The monoisotopic (exact) mass is 372 g/mol. The molecule has 28 heavy (non-hydrogen) atoms. The zero-order valence-corrected chi connectivity index (χ0v) is 16.3. The molecule has 4 N–H and O–H groups in total. The van der Waals surface area contributed by atoms with Crippen molar-refractivity contribution < 1.29 is 4.79 Å². The second-order valence-electron chi connectivity index (χ2n) is 6.62. The van der Waals surface area contributed by atoms with Crippen LogP contribution < -0.4 is 11.5 Å². The van der Waals surface area contributed by atoms with Crippen LogP contribution in [0.1, 0.15) is 38.2 Å². The number of hydrogen-bond acceptors (Lipinski definition) is 3. The van der Waals surface area contributed by atoms with E-state index in [1.165, 1.54) is 0 Å².